The summed E-state index contributed by atoms with van der Waals surface area (Å²) in [4.78, 5) is 12.7. The molecule has 1 aliphatic rings. The SMILES string of the molecule is Cc1cccc(S(=O)(=O)CC2CCC(NC(=O)c3ccc(Cl)c(F)c3)CC2)c1. The summed E-state index contributed by atoms with van der Waals surface area (Å²) < 4.78 is 38.8. The van der Waals surface area contributed by atoms with Crippen LogP contribution in [0.4, 0.5) is 4.39 Å². The van der Waals surface area contributed by atoms with E-state index in [1.54, 1.807) is 18.2 Å². The summed E-state index contributed by atoms with van der Waals surface area (Å²) in [6.07, 6.45) is 2.86. The van der Waals surface area contributed by atoms with Crippen molar-refractivity contribution in [2.24, 2.45) is 5.92 Å². The molecule has 0 radical (unpaired) electrons. The lowest BCUT2D eigenvalue weighted by atomic mass is 9.87. The number of aryl methyl sites for hydroxylation is 1. The maximum absolute atomic E-state index is 13.5. The van der Waals surface area contributed by atoms with Gasteiger partial charge in [-0.1, -0.05) is 23.7 Å². The largest absolute Gasteiger partial charge is 0.349 e. The molecule has 150 valence electrons. The smallest absolute Gasteiger partial charge is 0.251 e. The minimum atomic E-state index is -3.32. The molecular formula is C21H23ClFNO3S. The molecule has 2 aromatic rings. The molecule has 28 heavy (non-hydrogen) atoms. The van der Waals surface area contributed by atoms with Gasteiger partial charge in [-0.05, 0) is 74.4 Å². The standard InChI is InChI=1S/C21H23ClFNO3S/c1-14-3-2-4-18(11-14)28(26,27)13-15-5-8-17(9-6-15)24-21(25)16-7-10-19(22)20(23)12-16/h2-4,7,10-12,15,17H,5-6,8-9,13H2,1H3,(H,24,25). The first-order valence-electron chi connectivity index (χ1n) is 9.30. The van der Waals surface area contributed by atoms with E-state index in [1.165, 1.54) is 12.1 Å². The maximum Gasteiger partial charge on any atom is 0.251 e. The Bertz CT molecular complexity index is 969. The molecule has 1 aliphatic carbocycles. The van der Waals surface area contributed by atoms with Gasteiger partial charge in [0.25, 0.3) is 5.91 Å². The van der Waals surface area contributed by atoms with Crippen molar-refractivity contribution in [1.82, 2.24) is 5.32 Å². The van der Waals surface area contributed by atoms with Crippen LogP contribution in [0, 0.1) is 18.7 Å². The Morgan fingerprint density at radius 2 is 1.86 bits per heavy atom. The molecule has 0 atom stereocenters. The Balaban J connectivity index is 1.54. The zero-order valence-electron chi connectivity index (χ0n) is 15.6. The van der Waals surface area contributed by atoms with Gasteiger partial charge < -0.3 is 5.32 Å². The summed E-state index contributed by atoms with van der Waals surface area (Å²) in [6.45, 7) is 1.87. The molecule has 0 saturated heterocycles. The Morgan fingerprint density at radius 3 is 2.50 bits per heavy atom. The quantitative estimate of drug-likeness (QED) is 0.767. The van der Waals surface area contributed by atoms with Crippen LogP contribution in [0.3, 0.4) is 0 Å². The Labute approximate surface area is 170 Å². The fourth-order valence-electron chi connectivity index (χ4n) is 3.59. The second kappa shape index (κ2) is 8.62. The highest BCUT2D eigenvalue weighted by Crippen LogP contribution is 2.28. The fraction of sp³-hybridized carbons (Fsp3) is 0.381. The highest BCUT2D eigenvalue weighted by molar-refractivity contribution is 7.91. The van der Waals surface area contributed by atoms with Gasteiger partial charge in [-0.25, -0.2) is 12.8 Å². The topological polar surface area (TPSA) is 63.2 Å². The van der Waals surface area contributed by atoms with E-state index in [1.807, 2.05) is 13.0 Å². The van der Waals surface area contributed by atoms with Crippen molar-refractivity contribution in [3.63, 3.8) is 0 Å². The normalized spacial score (nSPS) is 20.0. The number of hydrogen-bond acceptors (Lipinski definition) is 3. The first-order chi connectivity index (χ1) is 13.2. The van der Waals surface area contributed by atoms with Gasteiger partial charge in [-0.15, -0.1) is 0 Å². The summed E-state index contributed by atoms with van der Waals surface area (Å²) in [6, 6.07) is 10.9. The van der Waals surface area contributed by atoms with Crippen molar-refractivity contribution < 1.29 is 17.6 Å². The number of carbonyl (C=O) groups is 1. The van der Waals surface area contributed by atoms with E-state index in [0.717, 1.165) is 24.5 Å². The number of benzene rings is 2. The zero-order valence-corrected chi connectivity index (χ0v) is 17.2. The minimum absolute atomic E-state index is 0.0214. The minimum Gasteiger partial charge on any atom is -0.349 e. The van der Waals surface area contributed by atoms with Crippen LogP contribution in [0.5, 0.6) is 0 Å². The van der Waals surface area contributed by atoms with Crippen LogP contribution >= 0.6 is 11.6 Å². The lowest BCUT2D eigenvalue weighted by Crippen LogP contribution is -2.38. The molecule has 3 rings (SSSR count). The molecular weight excluding hydrogens is 401 g/mol. The van der Waals surface area contributed by atoms with Gasteiger partial charge in [0.2, 0.25) is 0 Å². The summed E-state index contributed by atoms with van der Waals surface area (Å²) in [7, 11) is -3.32. The Morgan fingerprint density at radius 1 is 1.14 bits per heavy atom. The van der Waals surface area contributed by atoms with E-state index in [9.17, 15) is 17.6 Å². The number of rotatable bonds is 5. The fourth-order valence-corrected chi connectivity index (χ4v) is 5.51. The highest BCUT2D eigenvalue weighted by Gasteiger charge is 2.27. The van der Waals surface area contributed by atoms with Crippen LogP contribution in [0.2, 0.25) is 5.02 Å². The molecule has 0 aliphatic heterocycles. The van der Waals surface area contributed by atoms with Gasteiger partial charge in [0.1, 0.15) is 5.82 Å². The second-order valence-electron chi connectivity index (χ2n) is 7.42. The molecule has 0 bridgehead atoms. The van der Waals surface area contributed by atoms with E-state index in [4.69, 9.17) is 11.6 Å². The molecule has 0 heterocycles. The number of amides is 1. The van der Waals surface area contributed by atoms with Gasteiger partial charge in [-0.3, -0.25) is 4.79 Å². The van der Waals surface area contributed by atoms with Gasteiger partial charge in [0.15, 0.2) is 9.84 Å². The van der Waals surface area contributed by atoms with Crippen molar-refractivity contribution in [2.45, 2.75) is 43.5 Å². The van der Waals surface area contributed by atoms with E-state index in [-0.39, 0.29) is 34.2 Å². The van der Waals surface area contributed by atoms with Gasteiger partial charge in [0, 0.05) is 11.6 Å². The summed E-state index contributed by atoms with van der Waals surface area (Å²) >= 11 is 5.64. The number of sulfone groups is 1. The van der Waals surface area contributed by atoms with Gasteiger partial charge in [0.05, 0.1) is 15.7 Å². The number of carbonyl (C=O) groups excluding carboxylic acids is 1. The third-order valence-corrected chi connectivity index (χ3v) is 7.36. The number of hydrogen-bond donors (Lipinski definition) is 1. The second-order valence-corrected chi connectivity index (χ2v) is 9.86. The molecule has 4 nitrogen and oxygen atoms in total. The Kier molecular flexibility index (Phi) is 6.40. The molecule has 1 saturated carbocycles. The lowest BCUT2D eigenvalue weighted by Gasteiger charge is -2.29. The van der Waals surface area contributed by atoms with E-state index >= 15 is 0 Å². The molecule has 0 aromatic heterocycles. The van der Waals surface area contributed by atoms with Crippen LogP contribution < -0.4 is 5.32 Å². The first-order valence-corrected chi connectivity index (χ1v) is 11.3. The van der Waals surface area contributed by atoms with E-state index < -0.39 is 15.7 Å². The predicted octanol–water partition coefficient (Wildman–Crippen LogP) is 4.55. The van der Waals surface area contributed by atoms with Crippen molar-refractivity contribution in [3.05, 3.63) is 64.4 Å². The molecule has 0 spiro atoms. The molecule has 1 N–H and O–H groups in total. The molecule has 1 amide bonds. The first kappa shape index (κ1) is 20.8. The predicted molar refractivity (Wildman–Crippen MR) is 108 cm³/mol. The maximum atomic E-state index is 13.5. The van der Waals surface area contributed by atoms with Crippen LogP contribution in [0.1, 0.15) is 41.6 Å². The third-order valence-electron chi connectivity index (χ3n) is 5.17. The molecule has 2 aromatic carbocycles. The average Bonchev–Trinajstić information content (AvgIpc) is 2.65. The van der Waals surface area contributed by atoms with Crippen molar-refractivity contribution in [3.8, 4) is 0 Å². The van der Waals surface area contributed by atoms with Gasteiger partial charge in [-0.2, -0.15) is 0 Å². The summed E-state index contributed by atoms with van der Waals surface area (Å²) in [5.41, 5.74) is 1.15. The summed E-state index contributed by atoms with van der Waals surface area (Å²) in [5.74, 6) is -0.767. The van der Waals surface area contributed by atoms with Crippen LogP contribution in [-0.2, 0) is 9.84 Å². The molecule has 1 fully saturated rings. The van der Waals surface area contributed by atoms with Crippen LogP contribution in [-0.4, -0.2) is 26.1 Å². The average molecular weight is 424 g/mol. The van der Waals surface area contributed by atoms with E-state index in [0.29, 0.717) is 17.7 Å². The summed E-state index contributed by atoms with van der Waals surface area (Å²) in [5, 5.41) is 2.88. The monoisotopic (exact) mass is 423 g/mol. The van der Waals surface area contributed by atoms with Gasteiger partial charge >= 0.3 is 0 Å². The van der Waals surface area contributed by atoms with Crippen molar-refractivity contribution in [2.75, 3.05) is 5.75 Å². The molecule has 0 unspecified atom stereocenters. The van der Waals surface area contributed by atoms with Crippen molar-refractivity contribution in [1.29, 1.82) is 0 Å². The lowest BCUT2D eigenvalue weighted by molar-refractivity contribution is 0.0922. The number of halogens is 2. The molecule has 7 heteroatoms. The zero-order chi connectivity index (χ0) is 20.3. The van der Waals surface area contributed by atoms with Crippen molar-refractivity contribution >= 4 is 27.3 Å². The van der Waals surface area contributed by atoms with Crippen LogP contribution in [0.15, 0.2) is 47.4 Å². The highest BCUT2D eigenvalue weighted by atomic mass is 35.5. The third kappa shape index (κ3) is 5.11. The van der Waals surface area contributed by atoms with E-state index in [2.05, 4.69) is 5.32 Å². The number of nitrogens with one attached hydrogen (secondary N) is 1. The Hall–Kier alpha value is -1.92. The van der Waals surface area contributed by atoms with Crippen LogP contribution in [0.25, 0.3) is 0 Å².